The molecule has 1 atom stereocenters. The fourth-order valence-electron chi connectivity index (χ4n) is 4.03. The molecular weight excluding hydrogens is 352 g/mol. The number of fused-ring (bicyclic) bond motifs is 1. The average Bonchev–Trinajstić information content (AvgIpc) is 3.11. The van der Waals surface area contributed by atoms with Crippen molar-refractivity contribution < 1.29 is 4.79 Å². The first-order valence-electron chi connectivity index (χ1n) is 10.0. The highest BCUT2D eigenvalue weighted by Gasteiger charge is 2.25. The van der Waals surface area contributed by atoms with Gasteiger partial charge in [-0.05, 0) is 44.0 Å². The first kappa shape index (κ1) is 18.4. The van der Waals surface area contributed by atoms with Gasteiger partial charge in [0.05, 0.1) is 11.0 Å². The highest BCUT2D eigenvalue weighted by molar-refractivity contribution is 5.92. The average molecular weight is 378 g/mol. The van der Waals surface area contributed by atoms with Crippen molar-refractivity contribution in [2.75, 3.05) is 18.4 Å². The maximum Gasteiger partial charge on any atom is 0.321 e. The van der Waals surface area contributed by atoms with E-state index in [1.165, 1.54) is 0 Å². The van der Waals surface area contributed by atoms with Crippen LogP contribution in [0.2, 0.25) is 0 Å². The van der Waals surface area contributed by atoms with Crippen LogP contribution < -0.4 is 5.32 Å². The number of aryl methyl sites for hydroxylation is 2. The molecule has 146 valence electrons. The summed E-state index contributed by atoms with van der Waals surface area (Å²) in [4.78, 5) is 27.8. The molecular formula is C21H26N6O. The second-order valence-corrected chi connectivity index (χ2v) is 7.18. The van der Waals surface area contributed by atoms with Gasteiger partial charge in [0.1, 0.15) is 12.2 Å². The smallest absolute Gasteiger partial charge is 0.321 e. The number of nitrogens with zero attached hydrogens (tertiary/aromatic N) is 5. The van der Waals surface area contributed by atoms with E-state index < -0.39 is 0 Å². The summed E-state index contributed by atoms with van der Waals surface area (Å²) in [6, 6.07) is 7.84. The summed E-state index contributed by atoms with van der Waals surface area (Å²) in [5, 5.41) is 3.05. The number of carbonyl (C=O) groups excluding carboxylic acids is 1. The van der Waals surface area contributed by atoms with Crippen LogP contribution in [0.5, 0.6) is 0 Å². The minimum absolute atomic E-state index is 0.0660. The van der Waals surface area contributed by atoms with Gasteiger partial charge in [0.25, 0.3) is 0 Å². The second-order valence-electron chi connectivity index (χ2n) is 7.18. The van der Waals surface area contributed by atoms with Gasteiger partial charge in [0, 0.05) is 49.6 Å². The summed E-state index contributed by atoms with van der Waals surface area (Å²) < 4.78 is 2.22. The number of hydrogen-bond donors (Lipinski definition) is 1. The first-order chi connectivity index (χ1) is 13.7. The summed E-state index contributed by atoms with van der Waals surface area (Å²) in [7, 11) is 0. The number of rotatable bonds is 4. The Morgan fingerprint density at radius 2 is 2.18 bits per heavy atom. The van der Waals surface area contributed by atoms with E-state index in [4.69, 9.17) is 4.98 Å². The summed E-state index contributed by atoms with van der Waals surface area (Å²) in [6.07, 6.45) is 6.24. The van der Waals surface area contributed by atoms with E-state index in [2.05, 4.69) is 33.7 Å². The minimum Gasteiger partial charge on any atom is -0.328 e. The number of likely N-dealkylation sites (tertiary alicyclic amines) is 1. The van der Waals surface area contributed by atoms with Crippen LogP contribution in [0.4, 0.5) is 10.5 Å². The van der Waals surface area contributed by atoms with Gasteiger partial charge in [-0.15, -0.1) is 0 Å². The molecule has 3 aromatic rings. The molecule has 0 spiro atoms. The third-order valence-electron chi connectivity index (χ3n) is 5.44. The van der Waals surface area contributed by atoms with Crippen LogP contribution in [0.25, 0.3) is 11.0 Å². The minimum atomic E-state index is -0.0660. The summed E-state index contributed by atoms with van der Waals surface area (Å²) in [6.45, 7) is 6.57. The van der Waals surface area contributed by atoms with Gasteiger partial charge >= 0.3 is 6.03 Å². The van der Waals surface area contributed by atoms with Crippen molar-refractivity contribution in [3.8, 4) is 0 Å². The molecule has 7 nitrogen and oxygen atoms in total. The number of nitrogens with one attached hydrogen (secondary N) is 1. The molecule has 1 fully saturated rings. The van der Waals surface area contributed by atoms with Gasteiger partial charge in [-0.25, -0.2) is 19.7 Å². The Bertz CT molecular complexity index is 968. The molecule has 3 heterocycles. The predicted molar refractivity (Wildman–Crippen MR) is 109 cm³/mol. The van der Waals surface area contributed by atoms with Gasteiger partial charge in [0.2, 0.25) is 0 Å². The van der Waals surface area contributed by atoms with Crippen molar-refractivity contribution in [3.05, 3.63) is 48.3 Å². The normalized spacial score (nSPS) is 17.1. The van der Waals surface area contributed by atoms with E-state index in [9.17, 15) is 4.79 Å². The SMILES string of the molecule is CCc1nc2cc(NC(=O)N3CCC[C@@H](c4ccncn4)C3)ccc2n1CC. The molecule has 1 saturated heterocycles. The monoisotopic (exact) mass is 378 g/mol. The van der Waals surface area contributed by atoms with Crippen LogP contribution in [0, 0.1) is 0 Å². The number of imidazole rings is 1. The Morgan fingerprint density at radius 3 is 2.93 bits per heavy atom. The third-order valence-corrected chi connectivity index (χ3v) is 5.44. The molecule has 2 amide bonds. The number of aromatic nitrogens is 4. The van der Waals surface area contributed by atoms with E-state index in [1.54, 1.807) is 12.5 Å². The van der Waals surface area contributed by atoms with Gasteiger partial charge in [-0.3, -0.25) is 0 Å². The molecule has 7 heteroatoms. The van der Waals surface area contributed by atoms with Crippen LogP contribution in [0.15, 0.2) is 36.8 Å². The zero-order chi connectivity index (χ0) is 19.5. The van der Waals surface area contributed by atoms with Crippen molar-refractivity contribution in [2.24, 2.45) is 0 Å². The maximum absolute atomic E-state index is 12.8. The van der Waals surface area contributed by atoms with E-state index in [-0.39, 0.29) is 11.9 Å². The molecule has 1 aliphatic heterocycles. The summed E-state index contributed by atoms with van der Waals surface area (Å²) in [5.41, 5.74) is 3.82. The molecule has 4 rings (SSSR count). The van der Waals surface area contributed by atoms with Crippen LogP contribution >= 0.6 is 0 Å². The first-order valence-corrected chi connectivity index (χ1v) is 10.0. The lowest BCUT2D eigenvalue weighted by atomic mass is 9.95. The van der Waals surface area contributed by atoms with Gasteiger partial charge in [-0.1, -0.05) is 6.92 Å². The quantitative estimate of drug-likeness (QED) is 0.749. The van der Waals surface area contributed by atoms with E-state index in [0.29, 0.717) is 6.54 Å². The lowest BCUT2D eigenvalue weighted by Crippen LogP contribution is -2.41. The Balaban J connectivity index is 1.48. The number of urea groups is 1. The molecule has 0 aliphatic carbocycles. The number of piperidine rings is 1. The molecule has 1 aliphatic rings. The lowest BCUT2D eigenvalue weighted by Gasteiger charge is -2.32. The topological polar surface area (TPSA) is 75.9 Å². The summed E-state index contributed by atoms with van der Waals surface area (Å²) >= 11 is 0. The molecule has 0 unspecified atom stereocenters. The number of benzene rings is 1. The number of anilines is 1. The Labute approximate surface area is 164 Å². The van der Waals surface area contributed by atoms with Crippen molar-refractivity contribution in [1.29, 1.82) is 0 Å². The number of hydrogen-bond acceptors (Lipinski definition) is 4. The molecule has 0 saturated carbocycles. The van der Waals surface area contributed by atoms with Gasteiger partial charge in [-0.2, -0.15) is 0 Å². The van der Waals surface area contributed by atoms with E-state index in [0.717, 1.165) is 60.6 Å². The Kier molecular flexibility index (Phi) is 5.23. The van der Waals surface area contributed by atoms with Gasteiger partial charge in [0.15, 0.2) is 0 Å². The van der Waals surface area contributed by atoms with Crippen molar-refractivity contribution in [3.63, 3.8) is 0 Å². The highest BCUT2D eigenvalue weighted by atomic mass is 16.2. The molecule has 0 radical (unpaired) electrons. The second kappa shape index (κ2) is 7.96. The fourth-order valence-corrected chi connectivity index (χ4v) is 4.03. The van der Waals surface area contributed by atoms with E-state index in [1.807, 2.05) is 29.2 Å². The lowest BCUT2D eigenvalue weighted by molar-refractivity contribution is 0.192. The molecule has 2 aromatic heterocycles. The third kappa shape index (κ3) is 3.56. The van der Waals surface area contributed by atoms with Crippen molar-refractivity contribution in [1.82, 2.24) is 24.4 Å². The van der Waals surface area contributed by atoms with Crippen LogP contribution in [-0.4, -0.2) is 43.5 Å². The number of amides is 2. The van der Waals surface area contributed by atoms with Crippen LogP contribution in [0.1, 0.15) is 44.1 Å². The zero-order valence-electron chi connectivity index (χ0n) is 16.4. The maximum atomic E-state index is 12.8. The largest absolute Gasteiger partial charge is 0.328 e. The van der Waals surface area contributed by atoms with Gasteiger partial charge < -0.3 is 14.8 Å². The fraction of sp³-hybridized carbons (Fsp3) is 0.429. The standard InChI is InChI=1S/C21H26N6O/c1-3-20-25-18-12-16(7-8-19(18)27(20)4-2)24-21(28)26-11-5-6-15(13-26)17-9-10-22-14-23-17/h7-10,12,14-15H,3-6,11,13H2,1-2H3,(H,24,28)/t15-/m1/s1. The Hall–Kier alpha value is -2.96. The molecule has 1 N–H and O–H groups in total. The molecule has 28 heavy (non-hydrogen) atoms. The zero-order valence-corrected chi connectivity index (χ0v) is 16.4. The highest BCUT2D eigenvalue weighted by Crippen LogP contribution is 2.26. The van der Waals surface area contributed by atoms with Crippen LogP contribution in [0.3, 0.4) is 0 Å². The van der Waals surface area contributed by atoms with E-state index >= 15 is 0 Å². The molecule has 1 aromatic carbocycles. The van der Waals surface area contributed by atoms with Crippen molar-refractivity contribution >= 4 is 22.8 Å². The Morgan fingerprint density at radius 1 is 1.29 bits per heavy atom. The summed E-state index contributed by atoms with van der Waals surface area (Å²) in [5.74, 6) is 1.34. The van der Waals surface area contributed by atoms with Crippen molar-refractivity contribution in [2.45, 2.75) is 45.6 Å². The van der Waals surface area contributed by atoms with Crippen LogP contribution in [-0.2, 0) is 13.0 Å². The molecule has 0 bridgehead atoms. The predicted octanol–water partition coefficient (Wildman–Crippen LogP) is 3.82. The number of carbonyl (C=O) groups is 1.